The summed E-state index contributed by atoms with van der Waals surface area (Å²) in [5.41, 5.74) is 1.25. The van der Waals surface area contributed by atoms with Crippen LogP contribution < -0.4 is 0 Å². The second kappa shape index (κ2) is 5.10. The molecule has 0 amide bonds. The number of rotatable bonds is 3. The lowest BCUT2D eigenvalue weighted by Crippen LogP contribution is -1.92. The Kier molecular flexibility index (Phi) is 3.54. The highest BCUT2D eigenvalue weighted by Crippen LogP contribution is 2.30. The summed E-state index contributed by atoms with van der Waals surface area (Å²) >= 11 is 0.878. The average Bonchev–Trinajstić information content (AvgIpc) is 2.35. The van der Waals surface area contributed by atoms with Crippen molar-refractivity contribution in [3.05, 3.63) is 42.0 Å². The monoisotopic (exact) mass is 248 g/mol. The zero-order chi connectivity index (χ0) is 12.3. The molecule has 0 atom stereocenters. The van der Waals surface area contributed by atoms with Crippen LogP contribution in [-0.2, 0) is 10.6 Å². The van der Waals surface area contributed by atoms with Gasteiger partial charge in [-0.25, -0.2) is 4.79 Å². The molecule has 0 saturated carbocycles. The Hall–Kier alpha value is -1.68. The van der Waals surface area contributed by atoms with Gasteiger partial charge in [-0.3, -0.25) is 0 Å². The largest absolute Gasteiger partial charge is 0.518 e. The van der Waals surface area contributed by atoms with Crippen LogP contribution in [0.4, 0.5) is 4.79 Å². The van der Waals surface area contributed by atoms with E-state index in [0.29, 0.717) is 0 Å². The quantitative estimate of drug-likeness (QED) is 0.830. The lowest BCUT2D eigenvalue weighted by atomic mass is 10.0. The Balaban J connectivity index is 2.47. The van der Waals surface area contributed by atoms with Gasteiger partial charge in [0.2, 0.25) is 0 Å². The van der Waals surface area contributed by atoms with E-state index in [9.17, 15) is 4.79 Å². The van der Waals surface area contributed by atoms with Gasteiger partial charge >= 0.3 is 6.16 Å². The van der Waals surface area contributed by atoms with Crippen molar-refractivity contribution < 1.29 is 14.1 Å². The highest BCUT2D eigenvalue weighted by molar-refractivity contribution is 7.95. The standard InChI is InChI=1S/C13H12O3S/c1-2-9-7-8-12(17-16-13(14)15)11-6-4-3-5-10(9)11/h3-8H,2H2,1H3,(H,14,15). The molecule has 1 N–H and O–H groups in total. The van der Waals surface area contributed by atoms with E-state index in [0.717, 1.165) is 34.1 Å². The maximum Gasteiger partial charge on any atom is 0.518 e. The predicted octanol–water partition coefficient (Wildman–Crippen LogP) is 4.10. The predicted molar refractivity (Wildman–Crippen MR) is 68.3 cm³/mol. The van der Waals surface area contributed by atoms with Crippen molar-refractivity contribution in [2.24, 2.45) is 0 Å². The summed E-state index contributed by atoms with van der Waals surface area (Å²) in [6.45, 7) is 2.10. The smallest absolute Gasteiger partial charge is 0.449 e. The summed E-state index contributed by atoms with van der Waals surface area (Å²) in [4.78, 5) is 11.2. The fraction of sp³-hybridized carbons (Fsp3) is 0.154. The van der Waals surface area contributed by atoms with E-state index in [4.69, 9.17) is 5.11 Å². The van der Waals surface area contributed by atoms with E-state index in [1.807, 2.05) is 36.4 Å². The Morgan fingerprint density at radius 2 is 1.94 bits per heavy atom. The van der Waals surface area contributed by atoms with Crippen LogP contribution in [0.3, 0.4) is 0 Å². The van der Waals surface area contributed by atoms with Crippen molar-refractivity contribution in [3.8, 4) is 0 Å². The van der Waals surface area contributed by atoms with Gasteiger partial charge in [0.1, 0.15) is 12.0 Å². The minimum atomic E-state index is -1.28. The lowest BCUT2D eigenvalue weighted by molar-refractivity contribution is 0.153. The molecule has 2 aromatic rings. The maximum absolute atomic E-state index is 10.4. The van der Waals surface area contributed by atoms with Gasteiger partial charge in [-0.1, -0.05) is 37.3 Å². The Labute approximate surface area is 104 Å². The molecule has 0 aliphatic carbocycles. The Morgan fingerprint density at radius 3 is 2.59 bits per heavy atom. The van der Waals surface area contributed by atoms with Crippen LogP contribution in [-0.4, -0.2) is 11.3 Å². The van der Waals surface area contributed by atoms with E-state index in [-0.39, 0.29) is 0 Å². The summed E-state index contributed by atoms with van der Waals surface area (Å²) in [6.07, 6.45) is -0.329. The SMILES string of the molecule is CCc1ccc(SOC(=O)O)c2ccccc12. The van der Waals surface area contributed by atoms with Crippen LogP contribution >= 0.6 is 12.0 Å². The molecule has 0 aliphatic heterocycles. The third-order valence-electron chi connectivity index (χ3n) is 2.56. The molecule has 0 unspecified atom stereocenters. The van der Waals surface area contributed by atoms with Crippen LogP contribution in [0, 0.1) is 0 Å². The molecule has 2 aromatic carbocycles. The van der Waals surface area contributed by atoms with Crippen molar-refractivity contribution in [2.45, 2.75) is 18.2 Å². The van der Waals surface area contributed by atoms with Gasteiger partial charge < -0.3 is 9.29 Å². The number of hydrogen-bond acceptors (Lipinski definition) is 3. The van der Waals surface area contributed by atoms with Crippen LogP contribution in [0.2, 0.25) is 0 Å². The summed E-state index contributed by atoms with van der Waals surface area (Å²) in [6, 6.07) is 11.8. The Morgan fingerprint density at radius 1 is 1.24 bits per heavy atom. The molecule has 0 bridgehead atoms. The van der Waals surface area contributed by atoms with E-state index in [1.54, 1.807) is 0 Å². The first kappa shape index (κ1) is 11.8. The third kappa shape index (κ3) is 2.53. The second-order valence-electron chi connectivity index (χ2n) is 3.55. The molecule has 3 nitrogen and oxygen atoms in total. The van der Waals surface area contributed by atoms with Gasteiger partial charge in [0, 0.05) is 0 Å². The van der Waals surface area contributed by atoms with Crippen LogP contribution in [0.25, 0.3) is 10.8 Å². The van der Waals surface area contributed by atoms with Crippen molar-refractivity contribution in [2.75, 3.05) is 0 Å². The van der Waals surface area contributed by atoms with Crippen LogP contribution in [0.1, 0.15) is 12.5 Å². The van der Waals surface area contributed by atoms with Gasteiger partial charge in [-0.05, 0) is 28.8 Å². The first-order chi connectivity index (χ1) is 8.22. The van der Waals surface area contributed by atoms with Gasteiger partial charge in [-0.15, -0.1) is 0 Å². The molecule has 0 aliphatic rings. The van der Waals surface area contributed by atoms with E-state index < -0.39 is 6.16 Å². The van der Waals surface area contributed by atoms with Crippen molar-refractivity contribution in [1.82, 2.24) is 0 Å². The van der Waals surface area contributed by atoms with Crippen molar-refractivity contribution in [1.29, 1.82) is 0 Å². The summed E-state index contributed by atoms with van der Waals surface area (Å²) in [7, 11) is 0. The summed E-state index contributed by atoms with van der Waals surface area (Å²) in [5.74, 6) is 0. The summed E-state index contributed by atoms with van der Waals surface area (Å²) < 4.78 is 4.54. The highest BCUT2D eigenvalue weighted by Gasteiger charge is 2.07. The molecule has 0 saturated heterocycles. The van der Waals surface area contributed by atoms with E-state index >= 15 is 0 Å². The lowest BCUT2D eigenvalue weighted by Gasteiger charge is -2.08. The van der Waals surface area contributed by atoms with Gasteiger partial charge in [0.25, 0.3) is 0 Å². The minimum absolute atomic E-state index is 0.820. The number of fused-ring (bicyclic) bond motifs is 1. The molecule has 0 heterocycles. The molecule has 2 rings (SSSR count). The zero-order valence-electron chi connectivity index (χ0n) is 9.34. The van der Waals surface area contributed by atoms with Crippen molar-refractivity contribution >= 4 is 29.0 Å². The number of carbonyl (C=O) groups is 1. The zero-order valence-corrected chi connectivity index (χ0v) is 10.2. The highest BCUT2D eigenvalue weighted by atomic mass is 32.2. The average molecular weight is 248 g/mol. The molecule has 0 radical (unpaired) electrons. The van der Waals surface area contributed by atoms with Crippen LogP contribution in [0.5, 0.6) is 0 Å². The molecule has 0 spiro atoms. The molecular weight excluding hydrogens is 236 g/mol. The fourth-order valence-electron chi connectivity index (χ4n) is 1.80. The van der Waals surface area contributed by atoms with E-state index in [1.165, 1.54) is 5.56 Å². The first-order valence-corrected chi connectivity index (χ1v) is 6.04. The number of benzene rings is 2. The number of hydrogen-bond donors (Lipinski definition) is 1. The van der Waals surface area contributed by atoms with Gasteiger partial charge in [0.05, 0.1) is 4.90 Å². The van der Waals surface area contributed by atoms with Gasteiger partial charge in [0.15, 0.2) is 0 Å². The topological polar surface area (TPSA) is 46.5 Å². The first-order valence-electron chi connectivity index (χ1n) is 5.30. The summed E-state index contributed by atoms with van der Waals surface area (Å²) in [5, 5.41) is 10.7. The van der Waals surface area contributed by atoms with E-state index in [2.05, 4.69) is 11.1 Å². The van der Waals surface area contributed by atoms with Gasteiger partial charge in [-0.2, -0.15) is 0 Å². The number of carboxylic acid groups (broad SMARTS) is 1. The fourth-order valence-corrected chi connectivity index (χ4v) is 2.35. The molecule has 4 heteroatoms. The molecule has 0 fully saturated rings. The molecular formula is C13H12O3S. The van der Waals surface area contributed by atoms with Crippen LogP contribution in [0.15, 0.2) is 41.3 Å². The Bertz CT molecular complexity index is 551. The molecule has 88 valence electrons. The normalized spacial score (nSPS) is 10.4. The third-order valence-corrected chi connectivity index (χ3v) is 3.32. The second-order valence-corrected chi connectivity index (χ2v) is 4.33. The molecule has 17 heavy (non-hydrogen) atoms. The maximum atomic E-state index is 10.4. The molecule has 0 aromatic heterocycles. The van der Waals surface area contributed by atoms with Crippen molar-refractivity contribution in [3.63, 3.8) is 0 Å². The minimum Gasteiger partial charge on any atom is -0.449 e. The number of aryl methyl sites for hydroxylation is 1.